The van der Waals surface area contributed by atoms with Crippen molar-refractivity contribution < 1.29 is 13.6 Å². The minimum absolute atomic E-state index is 0.0793. The molecule has 2 aromatic heterocycles. The SMILES string of the molecule is O=C(c1cnco1)N1CCCC(c2ncc(Cc3ccccc3Cl)o2)C1. The molecule has 1 atom stereocenters. The number of piperidine rings is 1. The monoisotopic (exact) mass is 371 g/mol. The molecule has 0 bridgehead atoms. The van der Waals surface area contributed by atoms with Crippen LogP contribution in [0.4, 0.5) is 0 Å². The van der Waals surface area contributed by atoms with E-state index >= 15 is 0 Å². The summed E-state index contributed by atoms with van der Waals surface area (Å²) in [6.07, 6.45) is 6.89. The number of aromatic nitrogens is 2. The minimum atomic E-state index is -0.143. The van der Waals surface area contributed by atoms with Crippen LogP contribution in [0.5, 0.6) is 0 Å². The number of hydrogen-bond acceptors (Lipinski definition) is 5. The second kappa shape index (κ2) is 7.33. The van der Waals surface area contributed by atoms with Crippen LogP contribution in [0.3, 0.4) is 0 Å². The van der Waals surface area contributed by atoms with Gasteiger partial charge in [0.2, 0.25) is 5.76 Å². The van der Waals surface area contributed by atoms with Gasteiger partial charge in [0, 0.05) is 24.5 Å². The predicted octanol–water partition coefficient (Wildman–Crippen LogP) is 3.93. The number of carbonyl (C=O) groups excluding carboxylic acids is 1. The van der Waals surface area contributed by atoms with E-state index < -0.39 is 0 Å². The summed E-state index contributed by atoms with van der Waals surface area (Å²) >= 11 is 6.21. The Hall–Kier alpha value is -2.60. The molecule has 0 saturated carbocycles. The first-order valence-electron chi connectivity index (χ1n) is 8.56. The lowest BCUT2D eigenvalue weighted by Gasteiger charge is -2.30. The molecule has 1 aliphatic heterocycles. The molecule has 1 amide bonds. The van der Waals surface area contributed by atoms with E-state index in [0.29, 0.717) is 30.4 Å². The molecule has 1 fully saturated rings. The van der Waals surface area contributed by atoms with Crippen molar-refractivity contribution in [2.24, 2.45) is 0 Å². The maximum Gasteiger partial charge on any atom is 0.291 e. The summed E-state index contributed by atoms with van der Waals surface area (Å²) in [6, 6.07) is 7.69. The van der Waals surface area contributed by atoms with Gasteiger partial charge in [-0.1, -0.05) is 29.8 Å². The van der Waals surface area contributed by atoms with Gasteiger partial charge in [-0.15, -0.1) is 0 Å². The first-order valence-corrected chi connectivity index (χ1v) is 8.94. The smallest absolute Gasteiger partial charge is 0.291 e. The second-order valence-electron chi connectivity index (χ2n) is 6.39. The van der Waals surface area contributed by atoms with E-state index in [-0.39, 0.29) is 17.6 Å². The average molecular weight is 372 g/mol. The molecule has 0 spiro atoms. The van der Waals surface area contributed by atoms with Crippen LogP contribution < -0.4 is 0 Å². The van der Waals surface area contributed by atoms with Crippen LogP contribution in [-0.4, -0.2) is 33.9 Å². The van der Waals surface area contributed by atoms with Crippen LogP contribution in [0, 0.1) is 0 Å². The highest BCUT2D eigenvalue weighted by Gasteiger charge is 2.29. The lowest BCUT2D eigenvalue weighted by molar-refractivity contribution is 0.0666. The van der Waals surface area contributed by atoms with E-state index in [0.717, 1.165) is 24.2 Å². The molecule has 7 heteroatoms. The summed E-state index contributed by atoms with van der Waals surface area (Å²) in [7, 11) is 0. The van der Waals surface area contributed by atoms with Crippen molar-refractivity contribution in [1.29, 1.82) is 0 Å². The fourth-order valence-corrected chi connectivity index (χ4v) is 3.47. The van der Waals surface area contributed by atoms with Gasteiger partial charge < -0.3 is 13.7 Å². The van der Waals surface area contributed by atoms with Gasteiger partial charge in [-0.25, -0.2) is 9.97 Å². The number of halogens is 1. The molecule has 0 aliphatic carbocycles. The Morgan fingerprint density at radius 1 is 1.31 bits per heavy atom. The van der Waals surface area contributed by atoms with Crippen LogP contribution in [0.1, 0.15) is 46.5 Å². The Balaban J connectivity index is 1.45. The van der Waals surface area contributed by atoms with E-state index in [1.54, 1.807) is 11.1 Å². The summed E-state index contributed by atoms with van der Waals surface area (Å²) in [4.78, 5) is 22.5. The molecule has 1 aliphatic rings. The van der Waals surface area contributed by atoms with Crippen LogP contribution in [0.15, 0.2) is 51.9 Å². The highest BCUT2D eigenvalue weighted by atomic mass is 35.5. The molecule has 1 unspecified atom stereocenters. The first-order chi connectivity index (χ1) is 12.7. The van der Waals surface area contributed by atoms with Crippen LogP contribution in [0.25, 0.3) is 0 Å². The molecular formula is C19H18ClN3O3. The Bertz CT molecular complexity index is 891. The van der Waals surface area contributed by atoms with Crippen molar-refractivity contribution in [2.45, 2.75) is 25.2 Å². The average Bonchev–Trinajstić information content (AvgIpc) is 3.35. The molecule has 1 saturated heterocycles. The van der Waals surface area contributed by atoms with Crippen molar-refractivity contribution in [3.63, 3.8) is 0 Å². The van der Waals surface area contributed by atoms with Gasteiger partial charge in [0.1, 0.15) is 5.76 Å². The van der Waals surface area contributed by atoms with Gasteiger partial charge in [-0.2, -0.15) is 0 Å². The fourth-order valence-electron chi connectivity index (χ4n) is 3.26. The molecule has 26 heavy (non-hydrogen) atoms. The third-order valence-electron chi connectivity index (χ3n) is 4.59. The molecule has 0 N–H and O–H groups in total. The normalized spacial score (nSPS) is 17.4. The van der Waals surface area contributed by atoms with Gasteiger partial charge in [-0.3, -0.25) is 4.79 Å². The highest BCUT2D eigenvalue weighted by Crippen LogP contribution is 2.28. The zero-order valence-electron chi connectivity index (χ0n) is 14.1. The quantitative estimate of drug-likeness (QED) is 0.694. The topological polar surface area (TPSA) is 72.4 Å². The molecule has 6 nitrogen and oxygen atoms in total. The van der Waals surface area contributed by atoms with Crippen LogP contribution in [0.2, 0.25) is 5.02 Å². The Morgan fingerprint density at radius 3 is 3.00 bits per heavy atom. The molecule has 134 valence electrons. The van der Waals surface area contributed by atoms with Crippen molar-refractivity contribution in [2.75, 3.05) is 13.1 Å². The molecule has 4 rings (SSSR count). The van der Waals surface area contributed by atoms with E-state index in [4.69, 9.17) is 20.4 Å². The van der Waals surface area contributed by atoms with Crippen LogP contribution >= 0.6 is 11.6 Å². The maximum atomic E-state index is 12.4. The minimum Gasteiger partial charge on any atom is -0.445 e. The predicted molar refractivity (Wildman–Crippen MR) is 95.1 cm³/mol. The zero-order valence-corrected chi connectivity index (χ0v) is 14.9. The van der Waals surface area contributed by atoms with Gasteiger partial charge >= 0.3 is 0 Å². The van der Waals surface area contributed by atoms with Gasteiger partial charge in [0.05, 0.1) is 18.3 Å². The molecule has 1 aromatic carbocycles. The van der Waals surface area contributed by atoms with Crippen molar-refractivity contribution >= 4 is 17.5 Å². The number of nitrogens with zero attached hydrogens (tertiary/aromatic N) is 3. The number of carbonyl (C=O) groups is 1. The lowest BCUT2D eigenvalue weighted by atomic mass is 9.98. The summed E-state index contributed by atoms with van der Waals surface area (Å²) < 4.78 is 11.1. The van der Waals surface area contributed by atoms with Gasteiger partial charge in [0.15, 0.2) is 12.3 Å². The van der Waals surface area contributed by atoms with Crippen molar-refractivity contribution in [1.82, 2.24) is 14.9 Å². The molecule has 3 heterocycles. The number of amides is 1. The molecule has 0 radical (unpaired) electrons. The van der Waals surface area contributed by atoms with E-state index in [9.17, 15) is 4.79 Å². The number of benzene rings is 1. The Kier molecular flexibility index (Phi) is 4.75. The Labute approximate surface area is 155 Å². The van der Waals surface area contributed by atoms with Crippen molar-refractivity contribution in [3.05, 3.63) is 71.1 Å². The number of hydrogen-bond donors (Lipinski definition) is 0. The Morgan fingerprint density at radius 2 is 2.19 bits per heavy atom. The fraction of sp³-hybridized carbons (Fsp3) is 0.316. The highest BCUT2D eigenvalue weighted by molar-refractivity contribution is 6.31. The third-order valence-corrected chi connectivity index (χ3v) is 4.96. The van der Waals surface area contributed by atoms with Gasteiger partial charge in [0.25, 0.3) is 5.91 Å². The van der Waals surface area contributed by atoms with E-state index in [1.165, 1.54) is 12.6 Å². The zero-order chi connectivity index (χ0) is 17.9. The lowest BCUT2D eigenvalue weighted by Crippen LogP contribution is -2.39. The van der Waals surface area contributed by atoms with Crippen molar-refractivity contribution in [3.8, 4) is 0 Å². The van der Waals surface area contributed by atoms with Crippen LogP contribution in [-0.2, 0) is 6.42 Å². The number of rotatable bonds is 4. The summed E-state index contributed by atoms with van der Waals surface area (Å²) in [6.45, 7) is 1.26. The molecular weight excluding hydrogens is 354 g/mol. The summed E-state index contributed by atoms with van der Waals surface area (Å²) in [5.74, 6) is 1.64. The largest absolute Gasteiger partial charge is 0.445 e. The molecule has 3 aromatic rings. The third kappa shape index (κ3) is 3.51. The number of likely N-dealkylation sites (tertiary alicyclic amines) is 1. The second-order valence-corrected chi connectivity index (χ2v) is 6.80. The first kappa shape index (κ1) is 16.8. The van der Waals surface area contributed by atoms with Gasteiger partial charge in [-0.05, 0) is 24.5 Å². The number of oxazole rings is 2. The summed E-state index contributed by atoms with van der Waals surface area (Å²) in [5.41, 5.74) is 1.00. The van der Waals surface area contributed by atoms with E-state index in [2.05, 4.69) is 9.97 Å². The summed E-state index contributed by atoms with van der Waals surface area (Å²) in [5, 5.41) is 0.715. The van der Waals surface area contributed by atoms with E-state index in [1.807, 2.05) is 24.3 Å². The standard InChI is InChI=1S/C19H18ClN3O3/c20-16-6-2-1-4-13(16)8-15-9-22-18(26-15)14-5-3-7-23(11-14)19(24)17-10-21-12-25-17/h1-2,4,6,9-10,12,14H,3,5,7-8,11H2. The maximum absolute atomic E-state index is 12.4.